The SMILES string of the molecule is Cc1cc(C)cc(NC(=S)Nc2noc3cccc(N(C)C)c23)c1. The fourth-order valence-electron chi connectivity index (χ4n) is 2.75. The number of nitrogens with one attached hydrogen (secondary N) is 2. The van der Waals surface area contributed by atoms with Crippen molar-refractivity contribution >= 4 is 45.5 Å². The molecule has 0 spiro atoms. The molecule has 5 nitrogen and oxygen atoms in total. The molecule has 0 bridgehead atoms. The quantitative estimate of drug-likeness (QED) is 0.693. The maximum absolute atomic E-state index is 5.42. The Hall–Kier alpha value is -2.60. The fourth-order valence-corrected chi connectivity index (χ4v) is 2.96. The van der Waals surface area contributed by atoms with Crippen LogP contribution in [0.2, 0.25) is 0 Å². The van der Waals surface area contributed by atoms with Crippen molar-refractivity contribution in [2.45, 2.75) is 13.8 Å². The van der Waals surface area contributed by atoms with Crippen molar-refractivity contribution < 1.29 is 4.52 Å². The number of benzene rings is 2. The largest absolute Gasteiger partial charge is 0.377 e. The second kappa shape index (κ2) is 6.49. The van der Waals surface area contributed by atoms with Gasteiger partial charge in [0.05, 0.1) is 11.1 Å². The highest BCUT2D eigenvalue weighted by Gasteiger charge is 2.14. The predicted octanol–water partition coefficient (Wildman–Crippen LogP) is 4.32. The Labute approximate surface area is 146 Å². The first-order chi connectivity index (χ1) is 11.4. The van der Waals surface area contributed by atoms with E-state index in [1.54, 1.807) is 0 Å². The van der Waals surface area contributed by atoms with Crippen LogP contribution in [0.4, 0.5) is 17.2 Å². The number of thiocarbonyl (C=S) groups is 1. The smallest absolute Gasteiger partial charge is 0.185 e. The first-order valence-electron chi connectivity index (χ1n) is 7.66. The van der Waals surface area contributed by atoms with Gasteiger partial charge in [-0.25, -0.2) is 0 Å². The Bertz CT molecular complexity index is 881. The molecule has 0 unspecified atom stereocenters. The van der Waals surface area contributed by atoms with Crippen molar-refractivity contribution in [1.82, 2.24) is 5.16 Å². The number of anilines is 3. The fraction of sp³-hybridized carbons (Fsp3) is 0.222. The highest BCUT2D eigenvalue weighted by atomic mass is 32.1. The van der Waals surface area contributed by atoms with Gasteiger partial charge in [0.1, 0.15) is 0 Å². The zero-order chi connectivity index (χ0) is 17.3. The summed E-state index contributed by atoms with van der Waals surface area (Å²) < 4.78 is 5.40. The zero-order valence-electron chi connectivity index (χ0n) is 14.2. The molecule has 24 heavy (non-hydrogen) atoms. The van der Waals surface area contributed by atoms with E-state index >= 15 is 0 Å². The molecule has 2 aromatic carbocycles. The van der Waals surface area contributed by atoms with Crippen LogP contribution in [0.5, 0.6) is 0 Å². The van der Waals surface area contributed by atoms with Gasteiger partial charge in [0.25, 0.3) is 0 Å². The Morgan fingerprint density at radius 1 is 1.08 bits per heavy atom. The minimum absolute atomic E-state index is 0.476. The lowest BCUT2D eigenvalue weighted by Crippen LogP contribution is -2.20. The lowest BCUT2D eigenvalue weighted by atomic mass is 10.1. The summed E-state index contributed by atoms with van der Waals surface area (Å²) in [7, 11) is 3.97. The van der Waals surface area contributed by atoms with Crippen molar-refractivity contribution in [3.63, 3.8) is 0 Å². The summed E-state index contributed by atoms with van der Waals surface area (Å²) in [5.41, 5.74) is 5.05. The van der Waals surface area contributed by atoms with Gasteiger partial charge in [-0.3, -0.25) is 0 Å². The third kappa shape index (κ3) is 3.33. The van der Waals surface area contributed by atoms with E-state index in [1.807, 2.05) is 49.3 Å². The van der Waals surface area contributed by atoms with Gasteiger partial charge in [-0.15, -0.1) is 0 Å². The molecule has 0 fully saturated rings. The van der Waals surface area contributed by atoms with Gasteiger partial charge in [-0.2, -0.15) is 0 Å². The Morgan fingerprint density at radius 3 is 2.46 bits per heavy atom. The minimum atomic E-state index is 0.476. The number of nitrogens with zero attached hydrogens (tertiary/aromatic N) is 2. The maximum Gasteiger partial charge on any atom is 0.185 e. The number of fused-ring (bicyclic) bond motifs is 1. The first kappa shape index (κ1) is 16.3. The van der Waals surface area contributed by atoms with Gasteiger partial charge < -0.3 is 20.1 Å². The average molecular weight is 340 g/mol. The molecule has 1 heterocycles. The van der Waals surface area contributed by atoms with Crippen LogP contribution in [-0.2, 0) is 0 Å². The van der Waals surface area contributed by atoms with E-state index in [-0.39, 0.29) is 0 Å². The second-order valence-corrected chi connectivity index (χ2v) is 6.44. The highest BCUT2D eigenvalue weighted by Crippen LogP contribution is 2.31. The van der Waals surface area contributed by atoms with Crippen LogP contribution >= 0.6 is 12.2 Å². The third-order valence-corrected chi connectivity index (χ3v) is 3.87. The van der Waals surface area contributed by atoms with E-state index < -0.39 is 0 Å². The molecule has 1 aromatic heterocycles. The van der Waals surface area contributed by atoms with Gasteiger partial charge in [-0.1, -0.05) is 17.3 Å². The van der Waals surface area contributed by atoms with Gasteiger partial charge in [0.15, 0.2) is 16.5 Å². The summed E-state index contributed by atoms with van der Waals surface area (Å²) >= 11 is 5.42. The van der Waals surface area contributed by atoms with E-state index in [4.69, 9.17) is 16.7 Å². The van der Waals surface area contributed by atoms with E-state index in [2.05, 4.69) is 35.7 Å². The Balaban J connectivity index is 1.85. The molecule has 124 valence electrons. The van der Waals surface area contributed by atoms with Crippen LogP contribution in [0.15, 0.2) is 40.9 Å². The summed E-state index contributed by atoms with van der Waals surface area (Å²) in [6.07, 6.45) is 0. The number of hydrogen-bond acceptors (Lipinski definition) is 4. The highest BCUT2D eigenvalue weighted by molar-refractivity contribution is 7.80. The van der Waals surface area contributed by atoms with Crippen molar-refractivity contribution in [3.8, 4) is 0 Å². The van der Waals surface area contributed by atoms with Crippen LogP contribution in [0.25, 0.3) is 11.0 Å². The molecular formula is C18H20N4OS. The molecule has 0 aliphatic rings. The number of rotatable bonds is 3. The van der Waals surface area contributed by atoms with E-state index in [0.29, 0.717) is 10.9 Å². The number of hydrogen-bond donors (Lipinski definition) is 2. The lowest BCUT2D eigenvalue weighted by Gasteiger charge is -2.14. The van der Waals surface area contributed by atoms with Gasteiger partial charge in [0.2, 0.25) is 0 Å². The van der Waals surface area contributed by atoms with E-state index in [9.17, 15) is 0 Å². The molecule has 0 atom stereocenters. The molecule has 0 saturated carbocycles. The first-order valence-corrected chi connectivity index (χ1v) is 8.07. The molecule has 3 aromatic rings. The standard InChI is InChI=1S/C18H20N4OS/c1-11-8-12(2)10-13(9-11)19-18(24)20-17-16-14(22(3)4)6-5-7-15(16)23-21-17/h5-10H,1-4H3,(H2,19,20,21,24). The van der Waals surface area contributed by atoms with Gasteiger partial charge in [0, 0.05) is 19.8 Å². The average Bonchev–Trinajstić information content (AvgIpc) is 2.89. The number of aromatic nitrogens is 1. The summed E-state index contributed by atoms with van der Waals surface area (Å²) in [5.74, 6) is 0.608. The Morgan fingerprint density at radius 2 is 1.79 bits per heavy atom. The van der Waals surface area contributed by atoms with Crippen molar-refractivity contribution in [3.05, 3.63) is 47.5 Å². The van der Waals surface area contributed by atoms with E-state index in [0.717, 1.165) is 22.3 Å². The second-order valence-electron chi connectivity index (χ2n) is 6.03. The van der Waals surface area contributed by atoms with Crippen LogP contribution in [0.3, 0.4) is 0 Å². The normalized spacial score (nSPS) is 10.7. The summed E-state index contributed by atoms with van der Waals surface area (Å²) in [6.45, 7) is 4.12. The monoisotopic (exact) mass is 340 g/mol. The van der Waals surface area contributed by atoms with Crippen molar-refractivity contribution in [1.29, 1.82) is 0 Å². The van der Waals surface area contributed by atoms with Crippen LogP contribution in [-0.4, -0.2) is 24.4 Å². The zero-order valence-corrected chi connectivity index (χ0v) is 15.0. The third-order valence-electron chi connectivity index (χ3n) is 3.67. The molecular weight excluding hydrogens is 320 g/mol. The van der Waals surface area contributed by atoms with Crippen molar-refractivity contribution in [2.75, 3.05) is 29.6 Å². The molecule has 0 radical (unpaired) electrons. The molecule has 0 saturated heterocycles. The van der Waals surface area contributed by atoms with Crippen LogP contribution < -0.4 is 15.5 Å². The van der Waals surface area contributed by atoms with Gasteiger partial charge in [-0.05, 0) is 61.5 Å². The number of aryl methyl sites for hydroxylation is 2. The molecule has 2 N–H and O–H groups in total. The summed E-state index contributed by atoms with van der Waals surface area (Å²) in [6, 6.07) is 12.1. The topological polar surface area (TPSA) is 53.3 Å². The van der Waals surface area contributed by atoms with Crippen molar-refractivity contribution in [2.24, 2.45) is 0 Å². The van der Waals surface area contributed by atoms with Crippen LogP contribution in [0.1, 0.15) is 11.1 Å². The lowest BCUT2D eigenvalue weighted by molar-refractivity contribution is 0.460. The summed E-state index contributed by atoms with van der Waals surface area (Å²) in [4.78, 5) is 2.02. The van der Waals surface area contributed by atoms with Gasteiger partial charge >= 0.3 is 0 Å². The van der Waals surface area contributed by atoms with E-state index in [1.165, 1.54) is 11.1 Å². The van der Waals surface area contributed by atoms with Crippen LogP contribution in [0, 0.1) is 13.8 Å². The minimum Gasteiger partial charge on any atom is -0.377 e. The summed E-state index contributed by atoms with van der Waals surface area (Å²) in [5, 5.41) is 11.8. The molecule has 0 aliphatic carbocycles. The molecule has 6 heteroatoms. The Kier molecular flexibility index (Phi) is 4.40. The molecule has 0 amide bonds. The maximum atomic E-state index is 5.42. The molecule has 3 rings (SSSR count). The molecule has 0 aliphatic heterocycles. The predicted molar refractivity (Wildman–Crippen MR) is 104 cm³/mol.